The Morgan fingerprint density at radius 1 is 1.29 bits per heavy atom. The number of aromatic nitrogens is 2. The highest BCUT2D eigenvalue weighted by Crippen LogP contribution is 2.24. The molecule has 112 valence electrons. The fourth-order valence-electron chi connectivity index (χ4n) is 1.96. The van der Waals surface area contributed by atoms with Crippen LogP contribution in [0, 0.1) is 6.92 Å². The van der Waals surface area contributed by atoms with E-state index in [1.54, 1.807) is 23.6 Å². The van der Waals surface area contributed by atoms with Crippen molar-refractivity contribution in [1.82, 2.24) is 20.0 Å². The highest BCUT2D eigenvalue weighted by atomic mass is 35.5. The number of aryl methyl sites for hydroxylation is 1. The van der Waals surface area contributed by atoms with E-state index in [1.807, 2.05) is 0 Å². The van der Waals surface area contributed by atoms with Crippen LogP contribution in [0.5, 0.6) is 0 Å². The average Bonchev–Trinajstić information content (AvgIpc) is 2.71. The summed E-state index contributed by atoms with van der Waals surface area (Å²) in [6, 6.07) is 1.57. The van der Waals surface area contributed by atoms with Crippen LogP contribution in [0.3, 0.4) is 0 Å². The third-order valence-corrected chi connectivity index (χ3v) is 3.30. The molecule has 2 aromatic heterocycles. The number of halogens is 2. The Kier molecular flexibility index (Phi) is 4.69. The molecule has 2 rings (SSSR count). The smallest absolute Gasteiger partial charge is 0.270 e. The van der Waals surface area contributed by atoms with Crippen molar-refractivity contribution in [3.8, 4) is 0 Å². The van der Waals surface area contributed by atoms with Crippen molar-refractivity contribution in [2.75, 3.05) is 13.1 Å². The second-order valence-electron chi connectivity index (χ2n) is 4.48. The van der Waals surface area contributed by atoms with Gasteiger partial charge < -0.3 is 10.6 Å². The zero-order chi connectivity index (χ0) is 15.6. The minimum atomic E-state index is -0.302. The summed E-state index contributed by atoms with van der Waals surface area (Å²) in [7, 11) is 0. The monoisotopic (exact) mass is 328 g/mol. The summed E-state index contributed by atoms with van der Waals surface area (Å²) in [4.78, 5) is 27.3. The third-order valence-electron chi connectivity index (χ3n) is 2.82. The summed E-state index contributed by atoms with van der Waals surface area (Å²) in [6.07, 6.45) is 1.59. The molecule has 0 aliphatic carbocycles. The van der Waals surface area contributed by atoms with Gasteiger partial charge in [-0.2, -0.15) is 0 Å². The number of pyridine rings is 1. The van der Waals surface area contributed by atoms with Gasteiger partial charge in [0.05, 0.1) is 15.7 Å². The standard InChI is InChI=1S/C13H14Cl2N4O2/c1-7-11(13(21)17-4-3-16-8(2)20)19-6-9(14)5-10(15)12(19)18-7/h5-6H,3-4H2,1-2H3,(H,16,20)(H,17,21). The lowest BCUT2D eigenvalue weighted by molar-refractivity contribution is -0.118. The quantitative estimate of drug-likeness (QED) is 0.840. The first-order valence-electron chi connectivity index (χ1n) is 6.26. The first-order valence-corrected chi connectivity index (χ1v) is 7.02. The van der Waals surface area contributed by atoms with E-state index in [0.717, 1.165) is 0 Å². The molecule has 0 aliphatic heterocycles. The van der Waals surface area contributed by atoms with Crippen LogP contribution in [0.1, 0.15) is 23.1 Å². The number of nitrogens with zero attached hydrogens (tertiary/aromatic N) is 2. The van der Waals surface area contributed by atoms with Crippen LogP contribution in [-0.2, 0) is 4.79 Å². The van der Waals surface area contributed by atoms with E-state index in [4.69, 9.17) is 23.2 Å². The maximum absolute atomic E-state index is 12.2. The Morgan fingerprint density at radius 3 is 2.62 bits per heavy atom. The number of carbonyl (C=O) groups is 2. The zero-order valence-electron chi connectivity index (χ0n) is 11.5. The molecule has 0 unspecified atom stereocenters. The highest BCUT2D eigenvalue weighted by molar-refractivity contribution is 6.36. The summed E-state index contributed by atoms with van der Waals surface area (Å²) in [5.74, 6) is -0.447. The number of hydrogen-bond donors (Lipinski definition) is 2. The Balaban J connectivity index is 2.23. The van der Waals surface area contributed by atoms with Gasteiger partial charge in [0.25, 0.3) is 5.91 Å². The van der Waals surface area contributed by atoms with E-state index >= 15 is 0 Å². The predicted molar refractivity (Wildman–Crippen MR) is 81.0 cm³/mol. The highest BCUT2D eigenvalue weighted by Gasteiger charge is 2.18. The fourth-order valence-corrected chi connectivity index (χ4v) is 2.47. The molecule has 0 spiro atoms. The molecular formula is C13H14Cl2N4O2. The van der Waals surface area contributed by atoms with Crippen molar-refractivity contribution in [3.63, 3.8) is 0 Å². The van der Waals surface area contributed by atoms with E-state index in [1.165, 1.54) is 6.92 Å². The predicted octanol–water partition coefficient (Wildman–Crippen LogP) is 1.82. The van der Waals surface area contributed by atoms with E-state index in [-0.39, 0.29) is 11.8 Å². The Bertz CT molecular complexity index is 712. The van der Waals surface area contributed by atoms with Crippen molar-refractivity contribution in [1.29, 1.82) is 0 Å². The van der Waals surface area contributed by atoms with E-state index in [9.17, 15) is 9.59 Å². The average molecular weight is 329 g/mol. The topological polar surface area (TPSA) is 75.5 Å². The lowest BCUT2D eigenvalue weighted by atomic mass is 10.3. The van der Waals surface area contributed by atoms with Gasteiger partial charge >= 0.3 is 0 Å². The van der Waals surface area contributed by atoms with Crippen LogP contribution in [-0.4, -0.2) is 34.3 Å². The minimum Gasteiger partial charge on any atom is -0.355 e. The van der Waals surface area contributed by atoms with Gasteiger partial charge in [0, 0.05) is 26.2 Å². The van der Waals surface area contributed by atoms with Crippen LogP contribution < -0.4 is 10.6 Å². The summed E-state index contributed by atoms with van der Waals surface area (Å²) in [5, 5.41) is 6.10. The summed E-state index contributed by atoms with van der Waals surface area (Å²) >= 11 is 12.0. The second kappa shape index (κ2) is 6.32. The van der Waals surface area contributed by atoms with Crippen LogP contribution in [0.4, 0.5) is 0 Å². The Labute approximate surface area is 131 Å². The van der Waals surface area contributed by atoms with Crippen molar-refractivity contribution < 1.29 is 9.59 Å². The number of fused-ring (bicyclic) bond motifs is 1. The van der Waals surface area contributed by atoms with Crippen LogP contribution in [0.2, 0.25) is 10.0 Å². The van der Waals surface area contributed by atoms with E-state index in [0.29, 0.717) is 40.2 Å². The first kappa shape index (κ1) is 15.6. The first-order chi connectivity index (χ1) is 9.90. The lowest BCUT2D eigenvalue weighted by Crippen LogP contribution is -2.34. The molecule has 0 bridgehead atoms. The molecular weight excluding hydrogens is 315 g/mol. The van der Waals surface area contributed by atoms with Gasteiger partial charge in [-0.3, -0.25) is 14.0 Å². The number of hydrogen-bond acceptors (Lipinski definition) is 3. The molecule has 2 amide bonds. The molecule has 21 heavy (non-hydrogen) atoms. The number of carbonyl (C=O) groups excluding carboxylic acids is 2. The largest absolute Gasteiger partial charge is 0.355 e. The minimum absolute atomic E-state index is 0.145. The third kappa shape index (κ3) is 3.46. The number of nitrogens with one attached hydrogen (secondary N) is 2. The van der Waals surface area contributed by atoms with Crippen molar-refractivity contribution >= 4 is 40.7 Å². The van der Waals surface area contributed by atoms with Gasteiger partial charge in [-0.05, 0) is 13.0 Å². The molecule has 8 heteroatoms. The maximum Gasteiger partial charge on any atom is 0.270 e. The molecule has 0 fully saturated rings. The molecule has 0 aliphatic rings. The van der Waals surface area contributed by atoms with Gasteiger partial charge in [0.1, 0.15) is 5.69 Å². The van der Waals surface area contributed by atoms with Gasteiger partial charge in [-0.15, -0.1) is 0 Å². The summed E-state index contributed by atoms with van der Waals surface area (Å²) < 4.78 is 1.56. The van der Waals surface area contributed by atoms with Crippen molar-refractivity contribution in [2.24, 2.45) is 0 Å². The maximum atomic E-state index is 12.2. The Hall–Kier alpha value is -1.79. The van der Waals surface area contributed by atoms with E-state index in [2.05, 4.69) is 15.6 Å². The molecule has 2 heterocycles. The van der Waals surface area contributed by atoms with Crippen molar-refractivity contribution in [3.05, 3.63) is 33.7 Å². The molecule has 0 saturated carbocycles. The van der Waals surface area contributed by atoms with Gasteiger partial charge in [-0.25, -0.2) is 4.98 Å². The van der Waals surface area contributed by atoms with Crippen LogP contribution in [0.25, 0.3) is 5.65 Å². The summed E-state index contributed by atoms with van der Waals surface area (Å²) in [5.41, 5.74) is 1.40. The molecule has 0 atom stereocenters. The number of imidazole rings is 1. The lowest BCUT2D eigenvalue weighted by Gasteiger charge is -2.07. The zero-order valence-corrected chi connectivity index (χ0v) is 13.0. The molecule has 0 radical (unpaired) electrons. The van der Waals surface area contributed by atoms with Crippen molar-refractivity contribution in [2.45, 2.75) is 13.8 Å². The number of rotatable bonds is 4. The second-order valence-corrected chi connectivity index (χ2v) is 5.33. The van der Waals surface area contributed by atoms with E-state index < -0.39 is 0 Å². The van der Waals surface area contributed by atoms with Gasteiger partial charge in [-0.1, -0.05) is 23.2 Å². The molecule has 0 aromatic carbocycles. The molecule has 0 saturated heterocycles. The van der Waals surface area contributed by atoms with Crippen LogP contribution >= 0.6 is 23.2 Å². The molecule has 2 N–H and O–H groups in total. The molecule has 2 aromatic rings. The summed E-state index contributed by atoms with van der Waals surface area (Å²) in [6.45, 7) is 3.82. The normalized spacial score (nSPS) is 10.7. The Morgan fingerprint density at radius 2 is 1.95 bits per heavy atom. The SMILES string of the molecule is CC(=O)NCCNC(=O)c1c(C)nc2c(Cl)cc(Cl)cn12. The van der Waals surface area contributed by atoms with Gasteiger partial charge in [0.2, 0.25) is 5.91 Å². The molecule has 6 nitrogen and oxygen atoms in total. The number of amides is 2. The fraction of sp³-hybridized carbons (Fsp3) is 0.308. The van der Waals surface area contributed by atoms with Gasteiger partial charge in [0.15, 0.2) is 5.65 Å². The van der Waals surface area contributed by atoms with Crippen LogP contribution in [0.15, 0.2) is 12.3 Å².